The molecule has 0 aromatic heterocycles. The lowest BCUT2D eigenvalue weighted by molar-refractivity contribution is -0.138. The third kappa shape index (κ3) is 4.43. The number of piperazine rings is 1. The lowest BCUT2D eigenvalue weighted by Gasteiger charge is -2.34. The third-order valence-electron chi connectivity index (χ3n) is 5.04. The van der Waals surface area contributed by atoms with Crippen LogP contribution in [0.5, 0.6) is 5.75 Å². The summed E-state index contributed by atoms with van der Waals surface area (Å²) < 4.78 is 5.36. The SMILES string of the molecule is COc1ccccc1/C=C/CN1CCNC(=O)[C@@H]1CC(=O)N1CCCC1. The molecule has 0 unspecified atom stereocenters. The smallest absolute Gasteiger partial charge is 0.237 e. The summed E-state index contributed by atoms with van der Waals surface area (Å²) in [5.74, 6) is 0.860. The molecule has 3 rings (SSSR count). The number of ether oxygens (including phenoxy) is 1. The summed E-state index contributed by atoms with van der Waals surface area (Å²) in [5.41, 5.74) is 1.00. The molecule has 2 saturated heterocycles. The Hall–Kier alpha value is -2.34. The largest absolute Gasteiger partial charge is 0.496 e. The fraction of sp³-hybridized carbons (Fsp3) is 0.500. The summed E-state index contributed by atoms with van der Waals surface area (Å²) in [6, 6.07) is 7.43. The quantitative estimate of drug-likeness (QED) is 0.839. The van der Waals surface area contributed by atoms with E-state index in [4.69, 9.17) is 4.74 Å². The molecule has 0 aliphatic carbocycles. The van der Waals surface area contributed by atoms with E-state index in [0.717, 1.165) is 43.8 Å². The Balaban J connectivity index is 1.63. The third-order valence-corrected chi connectivity index (χ3v) is 5.04. The Morgan fingerprint density at radius 2 is 2.04 bits per heavy atom. The minimum absolute atomic E-state index is 0.0468. The molecule has 0 spiro atoms. The second-order valence-electron chi connectivity index (χ2n) is 6.74. The second-order valence-corrected chi connectivity index (χ2v) is 6.74. The number of hydrogen-bond donors (Lipinski definition) is 1. The normalized spacial score (nSPS) is 21.2. The van der Waals surface area contributed by atoms with Crippen LogP contribution in [0.2, 0.25) is 0 Å². The fourth-order valence-corrected chi connectivity index (χ4v) is 3.58. The van der Waals surface area contributed by atoms with Gasteiger partial charge in [0.1, 0.15) is 5.75 Å². The van der Waals surface area contributed by atoms with Crippen LogP contribution in [0.3, 0.4) is 0 Å². The molecule has 1 aromatic carbocycles. The van der Waals surface area contributed by atoms with Crippen LogP contribution in [-0.2, 0) is 9.59 Å². The van der Waals surface area contributed by atoms with E-state index in [0.29, 0.717) is 13.1 Å². The Bertz CT molecular complexity index is 668. The van der Waals surface area contributed by atoms with Crippen LogP contribution in [0.15, 0.2) is 30.3 Å². The molecule has 2 fully saturated rings. The van der Waals surface area contributed by atoms with E-state index in [1.165, 1.54) is 0 Å². The molecular weight excluding hydrogens is 330 g/mol. The van der Waals surface area contributed by atoms with Gasteiger partial charge in [0.05, 0.1) is 19.6 Å². The summed E-state index contributed by atoms with van der Waals surface area (Å²) in [4.78, 5) is 28.8. The minimum Gasteiger partial charge on any atom is -0.496 e. The Morgan fingerprint density at radius 3 is 2.81 bits per heavy atom. The van der Waals surface area contributed by atoms with Gasteiger partial charge in [-0.2, -0.15) is 0 Å². The van der Waals surface area contributed by atoms with Crippen LogP contribution >= 0.6 is 0 Å². The number of carbonyl (C=O) groups is 2. The summed E-state index contributed by atoms with van der Waals surface area (Å²) in [6.07, 6.45) is 6.42. The lowest BCUT2D eigenvalue weighted by Crippen LogP contribution is -2.56. The van der Waals surface area contributed by atoms with Crippen LogP contribution in [-0.4, -0.2) is 67.5 Å². The van der Waals surface area contributed by atoms with Crippen LogP contribution in [0.4, 0.5) is 0 Å². The maximum atomic E-state index is 12.5. The van der Waals surface area contributed by atoms with Crippen molar-refractivity contribution in [1.29, 1.82) is 0 Å². The van der Waals surface area contributed by atoms with Crippen molar-refractivity contribution >= 4 is 17.9 Å². The molecule has 140 valence electrons. The van der Waals surface area contributed by atoms with E-state index in [2.05, 4.69) is 10.2 Å². The fourth-order valence-electron chi connectivity index (χ4n) is 3.58. The van der Waals surface area contributed by atoms with Crippen LogP contribution in [0.25, 0.3) is 6.08 Å². The molecule has 6 nitrogen and oxygen atoms in total. The monoisotopic (exact) mass is 357 g/mol. The summed E-state index contributed by atoms with van der Waals surface area (Å²) in [6.45, 7) is 3.64. The number of para-hydroxylation sites is 1. The first kappa shape index (κ1) is 18.5. The van der Waals surface area contributed by atoms with Gasteiger partial charge in [-0.1, -0.05) is 30.4 Å². The predicted octanol–water partition coefficient (Wildman–Crippen LogP) is 1.52. The molecule has 0 saturated carbocycles. The topological polar surface area (TPSA) is 61.9 Å². The van der Waals surface area contributed by atoms with Crippen molar-refractivity contribution in [2.75, 3.05) is 39.8 Å². The number of rotatable bonds is 6. The summed E-state index contributed by atoms with van der Waals surface area (Å²) in [5, 5.41) is 2.89. The standard InChI is InChI=1S/C20H27N3O3/c1-26-18-9-3-2-7-16(18)8-6-13-22-14-10-21-20(25)17(22)15-19(24)23-11-4-5-12-23/h2-3,6-9,17H,4-5,10-15H2,1H3,(H,21,25)/b8-6+/t17-/m0/s1. The van der Waals surface area contributed by atoms with Crippen LogP contribution in [0.1, 0.15) is 24.8 Å². The number of benzene rings is 1. The van der Waals surface area contributed by atoms with Crippen molar-refractivity contribution in [1.82, 2.24) is 15.1 Å². The average Bonchev–Trinajstić information content (AvgIpc) is 3.19. The van der Waals surface area contributed by atoms with Gasteiger partial charge in [0.15, 0.2) is 0 Å². The summed E-state index contributed by atoms with van der Waals surface area (Å²) >= 11 is 0. The zero-order valence-corrected chi connectivity index (χ0v) is 15.3. The number of likely N-dealkylation sites (tertiary alicyclic amines) is 1. The molecule has 2 aliphatic heterocycles. The first-order chi connectivity index (χ1) is 12.7. The molecule has 2 heterocycles. The van der Waals surface area contributed by atoms with Gasteiger partial charge in [-0.15, -0.1) is 0 Å². The molecule has 1 N–H and O–H groups in total. The zero-order chi connectivity index (χ0) is 18.4. The van der Waals surface area contributed by atoms with Crippen molar-refractivity contribution in [3.05, 3.63) is 35.9 Å². The van der Waals surface area contributed by atoms with E-state index in [1.54, 1.807) is 7.11 Å². The molecule has 0 bridgehead atoms. The van der Waals surface area contributed by atoms with Crippen molar-refractivity contribution in [2.24, 2.45) is 0 Å². The van der Waals surface area contributed by atoms with Crippen LogP contribution < -0.4 is 10.1 Å². The van der Waals surface area contributed by atoms with Gasteiger partial charge in [-0.05, 0) is 18.9 Å². The molecule has 0 radical (unpaired) electrons. The van der Waals surface area contributed by atoms with Crippen LogP contribution in [0, 0.1) is 0 Å². The Morgan fingerprint density at radius 1 is 1.27 bits per heavy atom. The highest BCUT2D eigenvalue weighted by molar-refractivity contribution is 5.89. The van der Waals surface area contributed by atoms with Crippen molar-refractivity contribution < 1.29 is 14.3 Å². The maximum absolute atomic E-state index is 12.5. The first-order valence-corrected chi connectivity index (χ1v) is 9.28. The molecule has 6 heteroatoms. The zero-order valence-electron chi connectivity index (χ0n) is 15.3. The number of carbonyl (C=O) groups excluding carboxylic acids is 2. The predicted molar refractivity (Wildman–Crippen MR) is 101 cm³/mol. The van der Waals surface area contributed by atoms with Crippen molar-refractivity contribution in [3.63, 3.8) is 0 Å². The van der Waals surface area contributed by atoms with E-state index in [1.807, 2.05) is 41.3 Å². The van der Waals surface area contributed by atoms with Gasteiger partial charge in [0.2, 0.25) is 11.8 Å². The number of nitrogens with zero attached hydrogens (tertiary/aromatic N) is 2. The van der Waals surface area contributed by atoms with Gasteiger partial charge >= 0.3 is 0 Å². The minimum atomic E-state index is -0.390. The van der Waals surface area contributed by atoms with Gasteiger partial charge in [0.25, 0.3) is 0 Å². The molecule has 1 atom stereocenters. The summed E-state index contributed by atoms with van der Waals surface area (Å²) in [7, 11) is 1.65. The van der Waals surface area contributed by atoms with Crippen molar-refractivity contribution in [3.8, 4) is 5.75 Å². The lowest BCUT2D eigenvalue weighted by atomic mass is 10.1. The van der Waals surface area contributed by atoms with E-state index in [9.17, 15) is 9.59 Å². The maximum Gasteiger partial charge on any atom is 0.237 e. The highest BCUT2D eigenvalue weighted by Crippen LogP contribution is 2.19. The van der Waals surface area contributed by atoms with Crippen molar-refractivity contribution in [2.45, 2.75) is 25.3 Å². The highest BCUT2D eigenvalue weighted by atomic mass is 16.5. The Labute approximate surface area is 154 Å². The van der Waals surface area contributed by atoms with Gasteiger partial charge in [-0.3, -0.25) is 14.5 Å². The molecule has 26 heavy (non-hydrogen) atoms. The molecule has 1 aromatic rings. The van der Waals surface area contributed by atoms with Gasteiger partial charge in [-0.25, -0.2) is 0 Å². The second kappa shape index (κ2) is 8.85. The number of methoxy groups -OCH3 is 1. The molecular formula is C20H27N3O3. The average molecular weight is 357 g/mol. The first-order valence-electron chi connectivity index (χ1n) is 9.28. The number of amides is 2. The number of nitrogens with one attached hydrogen (secondary N) is 1. The Kier molecular flexibility index (Phi) is 6.28. The van der Waals surface area contributed by atoms with E-state index < -0.39 is 0 Å². The highest BCUT2D eigenvalue weighted by Gasteiger charge is 2.32. The van der Waals surface area contributed by atoms with Gasteiger partial charge in [0, 0.05) is 38.3 Å². The van der Waals surface area contributed by atoms with E-state index >= 15 is 0 Å². The van der Waals surface area contributed by atoms with Gasteiger partial charge < -0.3 is 15.0 Å². The molecule has 2 amide bonds. The number of hydrogen-bond acceptors (Lipinski definition) is 4. The molecule has 2 aliphatic rings. The van der Waals surface area contributed by atoms with E-state index in [-0.39, 0.29) is 24.3 Å².